The summed E-state index contributed by atoms with van der Waals surface area (Å²) in [6, 6.07) is 3.54. The summed E-state index contributed by atoms with van der Waals surface area (Å²) >= 11 is 0. The molecule has 0 bridgehead atoms. The van der Waals surface area contributed by atoms with Crippen LogP contribution in [0.1, 0.15) is 53.6 Å². The smallest absolute Gasteiger partial charge is 0.256 e. The van der Waals surface area contributed by atoms with Gasteiger partial charge >= 0.3 is 0 Å². The van der Waals surface area contributed by atoms with Crippen molar-refractivity contribution < 1.29 is 18.8 Å². The number of aromatic nitrogens is 1. The number of likely N-dealkylation sites (N-methyl/N-ethyl adjacent to an activating group) is 1. The van der Waals surface area contributed by atoms with Crippen molar-refractivity contribution in [1.82, 2.24) is 15.2 Å². The van der Waals surface area contributed by atoms with Gasteiger partial charge in [-0.05, 0) is 56.5 Å². The van der Waals surface area contributed by atoms with E-state index in [1.165, 1.54) is 18.2 Å². The molecular weight excluding hydrogens is 437 g/mol. The number of carbonyl (C=O) groups is 3. The molecule has 1 aromatic carbocycles. The Balaban J connectivity index is 1.74. The first-order valence-corrected chi connectivity index (χ1v) is 11.4. The highest BCUT2D eigenvalue weighted by Crippen LogP contribution is 2.34. The number of halogens is 1. The standard InChI is InChI=1S/C25H32FN5O3/c1-6-31(25(34)22(27)13(2)3)10-9-28-24(33)21-14(4)20(29-15(21)5)12-18-17-11-16(26)7-8-19(17)30-23(18)32/h7-8,11-13,22,29H,6,9-10,27H2,1-5H3,(H,28,33)(H,30,32)/b18-12-. The van der Waals surface area contributed by atoms with Gasteiger partial charge in [-0.25, -0.2) is 4.39 Å². The summed E-state index contributed by atoms with van der Waals surface area (Å²) in [5, 5.41) is 5.58. The largest absolute Gasteiger partial charge is 0.358 e. The minimum atomic E-state index is -0.577. The number of fused-ring (bicyclic) bond motifs is 1. The number of nitrogens with two attached hydrogens (primary N) is 1. The molecule has 2 heterocycles. The lowest BCUT2D eigenvalue weighted by Gasteiger charge is -2.26. The van der Waals surface area contributed by atoms with E-state index < -0.39 is 11.9 Å². The zero-order valence-corrected chi connectivity index (χ0v) is 20.2. The third-order valence-electron chi connectivity index (χ3n) is 6.12. The highest BCUT2D eigenvalue weighted by molar-refractivity contribution is 6.34. The van der Waals surface area contributed by atoms with Crippen LogP contribution in [0.3, 0.4) is 0 Å². The Hall–Kier alpha value is -3.46. The third-order valence-corrected chi connectivity index (χ3v) is 6.12. The molecule has 9 heteroatoms. The quantitative estimate of drug-likeness (QED) is 0.444. The molecule has 1 aromatic heterocycles. The molecule has 2 aromatic rings. The van der Waals surface area contributed by atoms with Gasteiger partial charge in [0.25, 0.3) is 11.8 Å². The molecule has 0 saturated heterocycles. The number of benzene rings is 1. The third kappa shape index (κ3) is 5.04. The summed E-state index contributed by atoms with van der Waals surface area (Å²) in [6.45, 7) is 10.3. The van der Waals surface area contributed by atoms with E-state index >= 15 is 0 Å². The maximum atomic E-state index is 13.7. The second-order valence-electron chi connectivity index (χ2n) is 8.81. The minimum absolute atomic E-state index is 0.0271. The minimum Gasteiger partial charge on any atom is -0.358 e. The SMILES string of the molecule is CCN(CCNC(=O)c1c(C)[nH]c(/C=C2\C(=O)Nc3ccc(F)cc32)c1C)C(=O)C(N)C(C)C. The number of hydrogen-bond acceptors (Lipinski definition) is 4. The molecule has 1 unspecified atom stereocenters. The lowest BCUT2D eigenvalue weighted by atomic mass is 10.0. The van der Waals surface area contributed by atoms with Crippen LogP contribution in [0.5, 0.6) is 0 Å². The first kappa shape index (κ1) is 25.2. The molecule has 0 spiro atoms. The molecule has 0 fully saturated rings. The van der Waals surface area contributed by atoms with Gasteiger partial charge in [0.1, 0.15) is 5.82 Å². The Morgan fingerprint density at radius 1 is 1.26 bits per heavy atom. The molecule has 0 aliphatic carbocycles. The van der Waals surface area contributed by atoms with Crippen LogP contribution in [-0.4, -0.2) is 53.3 Å². The average molecular weight is 470 g/mol. The van der Waals surface area contributed by atoms with Crippen LogP contribution in [0, 0.1) is 25.6 Å². The number of amides is 3. The van der Waals surface area contributed by atoms with Crippen LogP contribution >= 0.6 is 0 Å². The Labute approximate surface area is 198 Å². The summed E-state index contributed by atoms with van der Waals surface area (Å²) in [6.07, 6.45) is 1.63. The van der Waals surface area contributed by atoms with Crippen molar-refractivity contribution in [2.24, 2.45) is 11.7 Å². The fourth-order valence-electron chi connectivity index (χ4n) is 4.02. The van der Waals surface area contributed by atoms with Gasteiger partial charge < -0.3 is 26.3 Å². The molecule has 1 atom stereocenters. The number of carbonyl (C=O) groups excluding carboxylic acids is 3. The molecule has 8 nitrogen and oxygen atoms in total. The summed E-state index contributed by atoms with van der Waals surface area (Å²) in [5.41, 5.74) is 9.71. The lowest BCUT2D eigenvalue weighted by Crippen LogP contribution is -2.48. The van der Waals surface area contributed by atoms with Crippen molar-refractivity contribution in [3.05, 3.63) is 52.1 Å². The maximum absolute atomic E-state index is 13.7. The second kappa shape index (κ2) is 10.2. The number of aryl methyl sites for hydroxylation is 1. The van der Waals surface area contributed by atoms with E-state index in [1.807, 2.05) is 20.8 Å². The first-order valence-electron chi connectivity index (χ1n) is 11.4. The number of H-pyrrole nitrogens is 1. The van der Waals surface area contributed by atoms with Crippen LogP contribution in [0.15, 0.2) is 18.2 Å². The Kier molecular flexibility index (Phi) is 7.56. The molecule has 1 aliphatic heterocycles. The Morgan fingerprint density at radius 2 is 1.97 bits per heavy atom. The molecule has 34 heavy (non-hydrogen) atoms. The molecule has 3 rings (SSSR count). The number of nitrogens with zero attached hydrogens (tertiary/aromatic N) is 1. The predicted octanol–water partition coefficient (Wildman–Crippen LogP) is 2.82. The van der Waals surface area contributed by atoms with Gasteiger partial charge in [-0.15, -0.1) is 0 Å². The van der Waals surface area contributed by atoms with Crippen molar-refractivity contribution in [2.75, 3.05) is 25.0 Å². The van der Waals surface area contributed by atoms with E-state index in [0.717, 1.165) is 0 Å². The van der Waals surface area contributed by atoms with Gasteiger partial charge in [-0.2, -0.15) is 0 Å². The lowest BCUT2D eigenvalue weighted by molar-refractivity contribution is -0.133. The van der Waals surface area contributed by atoms with Gasteiger partial charge in [0.2, 0.25) is 5.91 Å². The number of aromatic amines is 1. The van der Waals surface area contributed by atoms with Gasteiger partial charge in [-0.3, -0.25) is 14.4 Å². The number of anilines is 1. The van der Waals surface area contributed by atoms with Crippen molar-refractivity contribution in [3.63, 3.8) is 0 Å². The zero-order valence-electron chi connectivity index (χ0n) is 20.2. The van der Waals surface area contributed by atoms with E-state index in [1.54, 1.807) is 24.8 Å². The van der Waals surface area contributed by atoms with Crippen LogP contribution in [0.25, 0.3) is 11.6 Å². The number of nitrogens with one attached hydrogen (secondary N) is 3. The summed E-state index contributed by atoms with van der Waals surface area (Å²) in [4.78, 5) is 42.6. The zero-order chi connectivity index (χ0) is 25.2. The highest BCUT2D eigenvalue weighted by atomic mass is 19.1. The molecule has 1 aliphatic rings. The molecule has 0 saturated carbocycles. The summed E-state index contributed by atoms with van der Waals surface area (Å²) < 4.78 is 13.7. The summed E-state index contributed by atoms with van der Waals surface area (Å²) in [7, 11) is 0. The van der Waals surface area contributed by atoms with Gasteiger partial charge in [-0.1, -0.05) is 13.8 Å². The number of hydrogen-bond donors (Lipinski definition) is 4. The average Bonchev–Trinajstić information content (AvgIpc) is 3.24. The van der Waals surface area contributed by atoms with Crippen LogP contribution in [0.2, 0.25) is 0 Å². The van der Waals surface area contributed by atoms with Crippen molar-refractivity contribution in [2.45, 2.75) is 40.7 Å². The van der Waals surface area contributed by atoms with Crippen molar-refractivity contribution in [1.29, 1.82) is 0 Å². The first-order chi connectivity index (χ1) is 16.0. The molecule has 5 N–H and O–H groups in total. The van der Waals surface area contributed by atoms with E-state index in [2.05, 4.69) is 15.6 Å². The molecule has 0 radical (unpaired) electrons. The normalized spacial score (nSPS) is 14.8. The van der Waals surface area contributed by atoms with E-state index in [9.17, 15) is 18.8 Å². The summed E-state index contributed by atoms with van der Waals surface area (Å²) in [5.74, 6) is -1.16. The van der Waals surface area contributed by atoms with Crippen molar-refractivity contribution in [3.8, 4) is 0 Å². The van der Waals surface area contributed by atoms with Gasteiger partial charge in [0, 0.05) is 42.3 Å². The van der Waals surface area contributed by atoms with Gasteiger partial charge in [0.15, 0.2) is 0 Å². The topological polar surface area (TPSA) is 120 Å². The maximum Gasteiger partial charge on any atom is 0.256 e. The fraction of sp³-hybridized carbons (Fsp3) is 0.400. The van der Waals surface area contributed by atoms with E-state index in [0.29, 0.717) is 52.4 Å². The predicted molar refractivity (Wildman–Crippen MR) is 131 cm³/mol. The number of rotatable bonds is 8. The van der Waals surface area contributed by atoms with Crippen LogP contribution in [-0.2, 0) is 9.59 Å². The molecule has 3 amide bonds. The monoisotopic (exact) mass is 469 g/mol. The second-order valence-corrected chi connectivity index (χ2v) is 8.81. The Bertz CT molecular complexity index is 1150. The molecular formula is C25H32FN5O3. The van der Waals surface area contributed by atoms with E-state index in [-0.39, 0.29) is 30.2 Å². The van der Waals surface area contributed by atoms with Crippen molar-refractivity contribution >= 4 is 35.1 Å². The van der Waals surface area contributed by atoms with E-state index in [4.69, 9.17) is 5.73 Å². The van der Waals surface area contributed by atoms with Crippen LogP contribution in [0.4, 0.5) is 10.1 Å². The highest BCUT2D eigenvalue weighted by Gasteiger charge is 2.26. The fourth-order valence-corrected chi connectivity index (χ4v) is 4.02. The Morgan fingerprint density at radius 3 is 2.62 bits per heavy atom. The molecule has 182 valence electrons. The van der Waals surface area contributed by atoms with Gasteiger partial charge in [0.05, 0.1) is 17.2 Å². The van der Waals surface area contributed by atoms with Crippen LogP contribution < -0.4 is 16.4 Å².